The van der Waals surface area contributed by atoms with E-state index in [1.165, 1.54) is 34.7 Å². The number of hydrogen-bond acceptors (Lipinski definition) is 2. The number of aromatic amines is 1. The minimum atomic E-state index is -4.77. The first-order valence-electron chi connectivity index (χ1n) is 12.9. The van der Waals surface area contributed by atoms with E-state index in [1.54, 1.807) is 4.90 Å². The normalized spacial score (nSPS) is 18.8. The number of benzene rings is 2. The van der Waals surface area contributed by atoms with Gasteiger partial charge in [-0.05, 0) is 86.0 Å². The zero-order chi connectivity index (χ0) is 26.0. The smallest absolute Gasteiger partial charge is 0.361 e. The van der Waals surface area contributed by atoms with Gasteiger partial charge < -0.3 is 14.8 Å². The topological polar surface area (TPSA) is 39.3 Å². The van der Waals surface area contributed by atoms with Crippen LogP contribution >= 0.6 is 0 Å². The van der Waals surface area contributed by atoms with E-state index in [4.69, 9.17) is 0 Å². The van der Waals surface area contributed by atoms with Crippen molar-refractivity contribution in [1.29, 1.82) is 0 Å². The molecule has 2 aromatic carbocycles. The molecule has 196 valence electrons. The van der Waals surface area contributed by atoms with Crippen LogP contribution in [0.15, 0.2) is 54.7 Å². The summed E-state index contributed by atoms with van der Waals surface area (Å²) in [5, 5.41) is 1.33. The molecule has 1 aromatic heterocycles. The van der Waals surface area contributed by atoms with Crippen molar-refractivity contribution >= 4 is 22.9 Å². The Hall–Kier alpha value is -3.13. The van der Waals surface area contributed by atoms with Gasteiger partial charge in [0.2, 0.25) is 5.91 Å². The number of rotatable bonds is 5. The number of alkyl halides is 3. The number of carbonyl (C=O) groups excluding carboxylic acids is 1. The molecule has 0 radical (unpaired) electrons. The third-order valence-corrected chi connectivity index (χ3v) is 7.81. The van der Waals surface area contributed by atoms with E-state index in [1.807, 2.05) is 0 Å². The molecule has 5 rings (SSSR count). The number of aromatic nitrogens is 1. The molecule has 8 heteroatoms. The summed E-state index contributed by atoms with van der Waals surface area (Å²) < 4.78 is 52.2. The quantitative estimate of drug-likeness (QED) is 0.314. The number of halogens is 4. The fourth-order valence-corrected chi connectivity index (χ4v) is 5.70. The zero-order valence-electron chi connectivity index (χ0n) is 20.6. The van der Waals surface area contributed by atoms with Crippen LogP contribution in [-0.4, -0.2) is 53.4 Å². The predicted molar refractivity (Wildman–Crippen MR) is 136 cm³/mol. The minimum Gasteiger partial charge on any atom is -0.361 e. The molecule has 2 saturated heterocycles. The van der Waals surface area contributed by atoms with Crippen molar-refractivity contribution < 1.29 is 22.4 Å². The number of piperidine rings is 2. The van der Waals surface area contributed by atoms with E-state index in [0.717, 1.165) is 57.5 Å². The summed E-state index contributed by atoms with van der Waals surface area (Å²) in [7, 11) is 0. The Morgan fingerprint density at radius 3 is 2.46 bits per heavy atom. The second-order valence-electron chi connectivity index (χ2n) is 10.2. The largest absolute Gasteiger partial charge is 0.419 e. The lowest BCUT2D eigenvalue weighted by molar-refractivity contribution is -0.140. The van der Waals surface area contributed by atoms with Crippen molar-refractivity contribution in [2.24, 2.45) is 5.92 Å². The number of amides is 1. The molecule has 2 fully saturated rings. The highest BCUT2D eigenvalue weighted by atomic mass is 19.4. The van der Waals surface area contributed by atoms with Crippen molar-refractivity contribution in [2.75, 3.05) is 32.7 Å². The molecule has 2 aliphatic rings. The van der Waals surface area contributed by atoms with Crippen LogP contribution < -0.4 is 0 Å². The van der Waals surface area contributed by atoms with E-state index >= 15 is 0 Å². The van der Waals surface area contributed by atoms with Gasteiger partial charge in [-0.2, -0.15) is 13.2 Å². The van der Waals surface area contributed by atoms with Crippen molar-refractivity contribution in [2.45, 2.75) is 37.8 Å². The number of hydrogen-bond donors (Lipinski definition) is 1. The Morgan fingerprint density at radius 1 is 1.00 bits per heavy atom. The number of nitrogens with zero attached hydrogens (tertiary/aromatic N) is 2. The molecule has 0 unspecified atom stereocenters. The molecule has 0 aliphatic carbocycles. The lowest BCUT2D eigenvalue weighted by Crippen LogP contribution is -2.42. The molecule has 3 aromatic rings. The van der Waals surface area contributed by atoms with Gasteiger partial charge in [-0.3, -0.25) is 4.79 Å². The Balaban J connectivity index is 1.08. The number of fused-ring (bicyclic) bond motifs is 1. The van der Waals surface area contributed by atoms with Crippen LogP contribution in [0.2, 0.25) is 0 Å². The van der Waals surface area contributed by atoms with Gasteiger partial charge in [0.1, 0.15) is 5.82 Å². The maximum atomic E-state index is 13.5. The highest BCUT2D eigenvalue weighted by Crippen LogP contribution is 2.34. The summed E-state index contributed by atoms with van der Waals surface area (Å²) in [5.41, 5.74) is 1.44. The molecular formula is C29H31F4N3O. The van der Waals surface area contributed by atoms with Gasteiger partial charge >= 0.3 is 6.18 Å². The van der Waals surface area contributed by atoms with Crippen LogP contribution in [0.1, 0.15) is 48.3 Å². The molecule has 0 spiro atoms. The molecule has 0 atom stereocenters. The molecule has 1 amide bonds. The van der Waals surface area contributed by atoms with Crippen LogP contribution in [0.5, 0.6) is 0 Å². The molecule has 4 nitrogen and oxygen atoms in total. The third-order valence-electron chi connectivity index (χ3n) is 7.81. The minimum absolute atomic E-state index is 0.146. The number of carbonyl (C=O) groups is 1. The maximum absolute atomic E-state index is 13.5. The Bertz CT molecular complexity index is 1270. The van der Waals surface area contributed by atoms with Gasteiger partial charge in [-0.1, -0.05) is 24.3 Å². The number of likely N-dealkylation sites (tertiary alicyclic amines) is 2. The highest BCUT2D eigenvalue weighted by Gasteiger charge is 2.34. The third kappa shape index (κ3) is 5.90. The van der Waals surface area contributed by atoms with Crippen LogP contribution in [0.4, 0.5) is 17.6 Å². The number of nitrogens with one attached hydrogen (secondary N) is 1. The second kappa shape index (κ2) is 10.7. The SMILES string of the molecule is O=C(/C=C/c1ccc(F)c(C(F)(F)F)c1)N1CCC(CN2CCC(c3c[nH]c4ccccc34)CC2)CC1. The first kappa shape index (κ1) is 25.5. The molecule has 0 saturated carbocycles. The summed E-state index contributed by atoms with van der Waals surface area (Å²) in [6.07, 6.45) is 4.10. The fourth-order valence-electron chi connectivity index (χ4n) is 5.70. The van der Waals surface area contributed by atoms with E-state index in [2.05, 4.69) is 40.3 Å². The van der Waals surface area contributed by atoms with Gasteiger partial charge in [0.25, 0.3) is 0 Å². The molecule has 37 heavy (non-hydrogen) atoms. The summed E-state index contributed by atoms with van der Waals surface area (Å²) in [6.45, 7) is 4.45. The van der Waals surface area contributed by atoms with Crippen molar-refractivity contribution in [3.63, 3.8) is 0 Å². The average Bonchev–Trinajstić information content (AvgIpc) is 3.32. The van der Waals surface area contributed by atoms with E-state index in [9.17, 15) is 22.4 Å². The lowest BCUT2D eigenvalue weighted by Gasteiger charge is -2.37. The monoisotopic (exact) mass is 513 g/mol. The van der Waals surface area contributed by atoms with Gasteiger partial charge in [0.15, 0.2) is 0 Å². The molecule has 2 aliphatic heterocycles. The molecule has 3 heterocycles. The van der Waals surface area contributed by atoms with E-state index in [-0.39, 0.29) is 11.5 Å². The molecule has 0 bridgehead atoms. The van der Waals surface area contributed by atoms with Crippen molar-refractivity contribution in [1.82, 2.24) is 14.8 Å². The van der Waals surface area contributed by atoms with Crippen LogP contribution in [0.25, 0.3) is 17.0 Å². The average molecular weight is 514 g/mol. The summed E-state index contributed by atoms with van der Waals surface area (Å²) in [6, 6.07) is 11.2. The standard InChI is InChI=1S/C29H31F4N3O/c30-26-7-5-20(17-25(26)29(31,32)33)6-8-28(37)36-15-9-21(10-16-36)19-35-13-11-22(12-14-35)24-18-34-27-4-2-1-3-23(24)27/h1-8,17-18,21-22,34H,9-16,19H2/b8-6+. The first-order chi connectivity index (χ1) is 17.8. The van der Waals surface area contributed by atoms with E-state index < -0.39 is 17.6 Å². The van der Waals surface area contributed by atoms with Gasteiger partial charge in [0, 0.05) is 42.8 Å². The van der Waals surface area contributed by atoms with Crippen LogP contribution in [0.3, 0.4) is 0 Å². The summed E-state index contributed by atoms with van der Waals surface area (Å²) >= 11 is 0. The Labute approximate surface area is 213 Å². The Morgan fingerprint density at radius 2 is 1.73 bits per heavy atom. The maximum Gasteiger partial charge on any atom is 0.419 e. The van der Waals surface area contributed by atoms with Crippen LogP contribution in [-0.2, 0) is 11.0 Å². The van der Waals surface area contributed by atoms with E-state index in [0.29, 0.717) is 24.9 Å². The highest BCUT2D eigenvalue weighted by molar-refractivity contribution is 5.91. The summed E-state index contributed by atoms with van der Waals surface area (Å²) in [5.74, 6) is -0.438. The van der Waals surface area contributed by atoms with Gasteiger partial charge in [-0.15, -0.1) is 0 Å². The number of H-pyrrole nitrogens is 1. The zero-order valence-corrected chi connectivity index (χ0v) is 20.6. The van der Waals surface area contributed by atoms with Crippen molar-refractivity contribution in [3.8, 4) is 0 Å². The van der Waals surface area contributed by atoms with Crippen LogP contribution in [0, 0.1) is 11.7 Å². The lowest BCUT2D eigenvalue weighted by atomic mass is 9.88. The second-order valence-corrected chi connectivity index (χ2v) is 10.2. The number of para-hydroxylation sites is 1. The molecule has 1 N–H and O–H groups in total. The van der Waals surface area contributed by atoms with Gasteiger partial charge in [-0.25, -0.2) is 4.39 Å². The van der Waals surface area contributed by atoms with Gasteiger partial charge in [0.05, 0.1) is 5.56 Å². The molecular weight excluding hydrogens is 482 g/mol. The Kier molecular flexibility index (Phi) is 7.38. The van der Waals surface area contributed by atoms with Crippen molar-refractivity contribution in [3.05, 3.63) is 77.2 Å². The first-order valence-corrected chi connectivity index (χ1v) is 12.9. The predicted octanol–water partition coefficient (Wildman–Crippen LogP) is 6.46. The summed E-state index contributed by atoms with van der Waals surface area (Å²) in [4.78, 5) is 20.3. The fraction of sp³-hybridized carbons (Fsp3) is 0.414.